The van der Waals surface area contributed by atoms with Crippen molar-refractivity contribution < 1.29 is 9.59 Å². The molecule has 1 aromatic heterocycles. The Kier molecular flexibility index (Phi) is 4.07. The predicted octanol–water partition coefficient (Wildman–Crippen LogP) is 3.27. The molecule has 0 saturated carbocycles. The average molecular weight is 363 g/mol. The lowest BCUT2D eigenvalue weighted by Crippen LogP contribution is -2.31. The highest BCUT2D eigenvalue weighted by atomic mass is 79.9. The third-order valence-corrected chi connectivity index (χ3v) is 4.76. The maximum absolute atomic E-state index is 12.5. The molecule has 1 aromatic carbocycles. The molecule has 1 saturated heterocycles. The summed E-state index contributed by atoms with van der Waals surface area (Å²) >= 11 is 4.67. The van der Waals surface area contributed by atoms with E-state index in [1.165, 1.54) is 16.7 Å². The second-order valence-electron chi connectivity index (χ2n) is 4.52. The molecule has 106 valence electrons. The fourth-order valence-electron chi connectivity index (χ4n) is 2.12. The van der Waals surface area contributed by atoms with Crippen molar-refractivity contribution in [3.8, 4) is 0 Å². The van der Waals surface area contributed by atoms with Gasteiger partial charge < -0.3 is 0 Å². The van der Waals surface area contributed by atoms with Gasteiger partial charge in [-0.25, -0.2) is 9.88 Å². The summed E-state index contributed by atoms with van der Waals surface area (Å²) in [5.74, 6) is -0.353. The molecule has 1 atom stereocenters. The summed E-state index contributed by atoms with van der Waals surface area (Å²) < 4.78 is 0.907. The van der Waals surface area contributed by atoms with Gasteiger partial charge in [0.1, 0.15) is 0 Å². The molecular weight excluding hydrogens is 352 g/mol. The molecule has 1 fully saturated rings. The van der Waals surface area contributed by atoms with Gasteiger partial charge in [-0.3, -0.25) is 9.59 Å². The van der Waals surface area contributed by atoms with Crippen LogP contribution in [0, 0.1) is 0 Å². The Morgan fingerprint density at radius 2 is 1.90 bits per heavy atom. The van der Waals surface area contributed by atoms with Crippen LogP contribution in [0.25, 0.3) is 0 Å². The predicted molar refractivity (Wildman–Crippen MR) is 85.1 cm³/mol. The number of benzene rings is 1. The Bertz CT molecular complexity index is 676. The van der Waals surface area contributed by atoms with Crippen LogP contribution in [-0.2, 0) is 9.59 Å². The van der Waals surface area contributed by atoms with Gasteiger partial charge in [-0.05, 0) is 36.4 Å². The highest BCUT2D eigenvalue weighted by molar-refractivity contribution is 9.10. The van der Waals surface area contributed by atoms with Crippen molar-refractivity contribution in [3.05, 3.63) is 53.1 Å². The van der Waals surface area contributed by atoms with E-state index < -0.39 is 5.25 Å². The second-order valence-corrected chi connectivity index (χ2v) is 6.66. The van der Waals surface area contributed by atoms with Crippen molar-refractivity contribution in [2.24, 2.45) is 0 Å². The van der Waals surface area contributed by atoms with Gasteiger partial charge in [0.25, 0.3) is 0 Å². The van der Waals surface area contributed by atoms with Gasteiger partial charge in [0.2, 0.25) is 11.8 Å². The van der Waals surface area contributed by atoms with Gasteiger partial charge in [0.05, 0.1) is 16.0 Å². The Hall–Kier alpha value is -1.66. The van der Waals surface area contributed by atoms with Crippen LogP contribution in [0.15, 0.2) is 58.2 Å². The van der Waals surface area contributed by atoms with E-state index >= 15 is 0 Å². The SMILES string of the molecule is O=C1C[C@H](Sc2ccccn2)C(=O)N1c1ccc(Br)cc1. The van der Waals surface area contributed by atoms with Crippen LogP contribution in [0.1, 0.15) is 6.42 Å². The minimum atomic E-state index is -0.406. The van der Waals surface area contributed by atoms with Crippen LogP contribution in [0.3, 0.4) is 0 Å². The molecule has 2 aromatic rings. The number of carbonyl (C=O) groups excluding carboxylic acids is 2. The zero-order chi connectivity index (χ0) is 14.8. The number of carbonyl (C=O) groups is 2. The van der Waals surface area contributed by atoms with Crippen molar-refractivity contribution in [2.45, 2.75) is 16.7 Å². The second kappa shape index (κ2) is 5.99. The first-order valence-electron chi connectivity index (χ1n) is 6.35. The van der Waals surface area contributed by atoms with Crippen LogP contribution in [0.2, 0.25) is 0 Å². The number of rotatable bonds is 3. The van der Waals surface area contributed by atoms with Crippen molar-refractivity contribution in [1.82, 2.24) is 4.98 Å². The monoisotopic (exact) mass is 362 g/mol. The summed E-state index contributed by atoms with van der Waals surface area (Å²) in [6.07, 6.45) is 1.88. The number of imide groups is 1. The Morgan fingerprint density at radius 3 is 2.57 bits per heavy atom. The molecule has 0 bridgehead atoms. The van der Waals surface area contributed by atoms with Crippen LogP contribution < -0.4 is 4.90 Å². The van der Waals surface area contributed by atoms with Crippen LogP contribution in [0.4, 0.5) is 5.69 Å². The first kappa shape index (κ1) is 14.3. The van der Waals surface area contributed by atoms with E-state index in [9.17, 15) is 9.59 Å². The summed E-state index contributed by atoms with van der Waals surface area (Å²) in [5, 5.41) is 0.345. The van der Waals surface area contributed by atoms with Gasteiger partial charge in [-0.1, -0.05) is 33.8 Å². The number of thioether (sulfide) groups is 1. The number of hydrogen-bond acceptors (Lipinski definition) is 4. The molecule has 0 N–H and O–H groups in total. The average Bonchev–Trinajstić information content (AvgIpc) is 2.76. The smallest absolute Gasteiger partial charge is 0.247 e. The molecule has 3 rings (SSSR count). The first-order chi connectivity index (χ1) is 10.1. The molecule has 0 spiro atoms. The van der Waals surface area contributed by atoms with Crippen molar-refractivity contribution in [2.75, 3.05) is 4.90 Å². The molecule has 21 heavy (non-hydrogen) atoms. The van der Waals surface area contributed by atoms with Gasteiger partial charge in [-0.2, -0.15) is 0 Å². The molecule has 6 heteroatoms. The normalized spacial score (nSPS) is 18.3. The van der Waals surface area contributed by atoms with Crippen molar-refractivity contribution in [3.63, 3.8) is 0 Å². The molecule has 4 nitrogen and oxygen atoms in total. The van der Waals surface area contributed by atoms with E-state index in [4.69, 9.17) is 0 Å². The van der Waals surface area contributed by atoms with E-state index in [0.717, 1.165) is 9.50 Å². The van der Waals surface area contributed by atoms with Crippen molar-refractivity contribution >= 4 is 45.2 Å². The molecule has 1 aliphatic rings. The lowest BCUT2D eigenvalue weighted by molar-refractivity contribution is -0.121. The Morgan fingerprint density at radius 1 is 1.14 bits per heavy atom. The Labute approximate surface area is 134 Å². The maximum atomic E-state index is 12.5. The third-order valence-electron chi connectivity index (χ3n) is 3.09. The summed E-state index contributed by atoms with van der Waals surface area (Å²) in [4.78, 5) is 30.0. The number of aromatic nitrogens is 1. The molecule has 0 unspecified atom stereocenters. The van der Waals surface area contributed by atoms with E-state index in [-0.39, 0.29) is 18.2 Å². The number of anilines is 1. The Balaban J connectivity index is 1.80. The molecule has 0 radical (unpaired) electrons. The summed E-state index contributed by atoms with van der Waals surface area (Å²) in [6.45, 7) is 0. The van der Waals surface area contributed by atoms with Crippen LogP contribution in [-0.4, -0.2) is 22.0 Å². The zero-order valence-electron chi connectivity index (χ0n) is 10.9. The third kappa shape index (κ3) is 3.01. The van der Waals surface area contributed by atoms with E-state index in [1.54, 1.807) is 18.3 Å². The summed E-state index contributed by atoms with van der Waals surface area (Å²) in [5.41, 5.74) is 0.609. The van der Waals surface area contributed by atoms with Gasteiger partial charge >= 0.3 is 0 Å². The van der Waals surface area contributed by atoms with Crippen LogP contribution >= 0.6 is 27.7 Å². The highest BCUT2D eigenvalue weighted by Gasteiger charge is 2.40. The molecule has 2 heterocycles. The topological polar surface area (TPSA) is 50.3 Å². The van der Waals surface area contributed by atoms with Gasteiger partial charge in [-0.15, -0.1) is 0 Å². The summed E-state index contributed by atoms with van der Waals surface area (Å²) in [6, 6.07) is 12.7. The van der Waals surface area contributed by atoms with Crippen LogP contribution in [0.5, 0.6) is 0 Å². The molecule has 2 amide bonds. The highest BCUT2D eigenvalue weighted by Crippen LogP contribution is 2.33. The lowest BCUT2D eigenvalue weighted by atomic mass is 10.3. The number of nitrogens with zero attached hydrogens (tertiary/aromatic N) is 2. The largest absolute Gasteiger partial charge is 0.274 e. The summed E-state index contributed by atoms with van der Waals surface area (Å²) in [7, 11) is 0. The minimum absolute atomic E-state index is 0.171. The minimum Gasteiger partial charge on any atom is -0.274 e. The maximum Gasteiger partial charge on any atom is 0.247 e. The van der Waals surface area contributed by atoms with Crippen molar-refractivity contribution in [1.29, 1.82) is 0 Å². The molecular formula is C15H11BrN2O2S. The fraction of sp³-hybridized carbons (Fsp3) is 0.133. The number of pyridine rings is 1. The lowest BCUT2D eigenvalue weighted by Gasteiger charge is -2.14. The van der Waals surface area contributed by atoms with E-state index in [2.05, 4.69) is 20.9 Å². The van der Waals surface area contributed by atoms with E-state index in [1.807, 2.05) is 30.3 Å². The van der Waals surface area contributed by atoms with E-state index in [0.29, 0.717) is 5.69 Å². The fourth-order valence-corrected chi connectivity index (χ4v) is 3.39. The van der Waals surface area contributed by atoms with Gasteiger partial charge in [0, 0.05) is 17.1 Å². The number of halogens is 1. The zero-order valence-corrected chi connectivity index (χ0v) is 13.3. The standard InChI is InChI=1S/C15H11BrN2O2S/c16-10-4-6-11(7-5-10)18-14(19)9-12(15(18)20)21-13-3-1-2-8-17-13/h1-8,12H,9H2/t12-/m0/s1. The van der Waals surface area contributed by atoms with Gasteiger partial charge in [0.15, 0.2) is 0 Å². The molecule has 0 aliphatic carbocycles. The number of hydrogen-bond donors (Lipinski definition) is 0. The quantitative estimate of drug-likeness (QED) is 0.786. The first-order valence-corrected chi connectivity index (χ1v) is 8.02. The number of amides is 2. The molecule has 1 aliphatic heterocycles.